The predicted molar refractivity (Wildman–Crippen MR) is 304 cm³/mol. The molecule has 4 aromatic rings. The zero-order chi connectivity index (χ0) is 55.0. The van der Waals surface area contributed by atoms with E-state index in [0.29, 0.717) is 58.1 Å². The number of benzene rings is 2. The number of β-amino-alcohol motifs (C(OH)–C–C–N with tert-alkyl or cyclic N) is 1. The van der Waals surface area contributed by atoms with Crippen LogP contribution in [0.5, 0.6) is 0 Å². The van der Waals surface area contributed by atoms with Crippen molar-refractivity contribution >= 4 is 81.6 Å². The third-order valence-electron chi connectivity index (χ3n) is 14.2. The summed E-state index contributed by atoms with van der Waals surface area (Å²) in [6, 6.07) is 11.3. The maximum Gasteiger partial charge on any atom is 0.246 e. The normalized spacial score (nSPS) is 17.2. The first-order valence-electron chi connectivity index (χ1n) is 27.0. The van der Waals surface area contributed by atoms with E-state index in [4.69, 9.17) is 23.1 Å². The molecule has 0 unspecified atom stereocenters. The van der Waals surface area contributed by atoms with Crippen LogP contribution < -0.4 is 37.6 Å². The lowest BCUT2D eigenvalue weighted by Gasteiger charge is -2.37. The fourth-order valence-corrected chi connectivity index (χ4v) is 11.4. The smallest absolute Gasteiger partial charge is 0.246 e. The van der Waals surface area contributed by atoms with E-state index < -0.39 is 23.6 Å². The molecule has 9 N–H and O–H groups in total. The van der Waals surface area contributed by atoms with E-state index in [1.807, 2.05) is 70.5 Å². The van der Waals surface area contributed by atoms with Crippen LogP contribution in [-0.2, 0) is 24.0 Å². The fraction of sp³-hybridized carbons (Fsp3) is 0.571. The number of nitrogens with zero attached hydrogens (tertiary/aromatic N) is 5. The summed E-state index contributed by atoms with van der Waals surface area (Å²) in [5.41, 5.74) is 17.0. The van der Waals surface area contributed by atoms with Gasteiger partial charge in [0.15, 0.2) is 5.82 Å². The van der Waals surface area contributed by atoms with Crippen molar-refractivity contribution < 1.29 is 29.1 Å². The monoisotopic (exact) mass is 1100 g/mol. The zero-order valence-electron chi connectivity index (χ0n) is 45.2. The summed E-state index contributed by atoms with van der Waals surface area (Å²) in [7, 11) is 0. The Bertz CT molecular complexity index is 2580. The molecule has 76 heavy (non-hydrogen) atoms. The van der Waals surface area contributed by atoms with Gasteiger partial charge in [-0.25, -0.2) is 15.0 Å². The van der Waals surface area contributed by atoms with Crippen LogP contribution in [0.15, 0.2) is 64.1 Å². The van der Waals surface area contributed by atoms with Crippen LogP contribution in [-0.4, -0.2) is 104 Å². The molecule has 0 spiro atoms. The van der Waals surface area contributed by atoms with Crippen molar-refractivity contribution in [2.75, 3.05) is 42.1 Å². The van der Waals surface area contributed by atoms with Crippen molar-refractivity contribution in [1.82, 2.24) is 35.8 Å². The minimum Gasteiger partial charge on any atom is -0.391 e. The van der Waals surface area contributed by atoms with Gasteiger partial charge in [0, 0.05) is 62.3 Å². The second-order valence-corrected chi connectivity index (χ2v) is 24.1. The first-order chi connectivity index (χ1) is 36.2. The number of anilines is 3. The van der Waals surface area contributed by atoms with Gasteiger partial charge in [0.2, 0.25) is 29.5 Å². The number of aryl methyl sites for hydroxylation is 1. The summed E-state index contributed by atoms with van der Waals surface area (Å²) in [6.07, 6.45) is 12.7. The van der Waals surface area contributed by atoms with Gasteiger partial charge in [-0.05, 0) is 81.5 Å². The molecular weight excluding hydrogens is 1020 g/mol. The topological polar surface area (TPSA) is 251 Å². The van der Waals surface area contributed by atoms with Crippen LogP contribution >= 0.6 is 34.7 Å². The number of hydrogen-bond donors (Lipinski definition) is 7. The number of aliphatic hydroxyl groups is 1. The van der Waals surface area contributed by atoms with Crippen molar-refractivity contribution in [2.24, 2.45) is 11.1 Å². The standard InChI is InChI=1S/C56H80ClN11O6S2/c1-36(38-23-25-39(26-24-38)49-37(2)62-35-75-49)63-52(73)42-32-40(69)34-68(42)54(74)50(55(3,4)5)66-47(72)20-14-12-10-8-7-9-11-13-15-29-60-45(70)21-17-22-46(71)64-41-18-16-19-43(48(41)57)76-53-51(58)65-44(33-61-53)67-30-27-56(6,59)28-31-67/h16,18-19,23-26,33,35-36,40,42,50,69H,7-15,17,20-22,27-32,34,59H2,1-6H3,(H2,58,65)(H,60,70)(H,63,73)(H,64,71)(H,66,72)/t36-,40+,42-,50+/m1/s1. The summed E-state index contributed by atoms with van der Waals surface area (Å²) >= 11 is 9.57. The summed E-state index contributed by atoms with van der Waals surface area (Å²) in [6.45, 7) is 13.8. The number of aromatic nitrogens is 3. The minimum absolute atomic E-state index is 0.0211. The molecule has 5 amide bonds. The van der Waals surface area contributed by atoms with Gasteiger partial charge < -0.3 is 47.6 Å². The first kappa shape index (κ1) is 59.9. The number of hydrogen-bond acceptors (Lipinski definition) is 14. The van der Waals surface area contributed by atoms with Gasteiger partial charge >= 0.3 is 0 Å². The summed E-state index contributed by atoms with van der Waals surface area (Å²) in [5, 5.41) is 23.4. The number of piperidine rings is 1. The van der Waals surface area contributed by atoms with Crippen molar-refractivity contribution in [3.05, 3.63) is 70.5 Å². The van der Waals surface area contributed by atoms with E-state index in [9.17, 15) is 29.1 Å². The number of aliphatic hydroxyl groups excluding tert-OH is 1. The number of amides is 5. The number of thiazole rings is 1. The molecule has 0 radical (unpaired) electrons. The molecule has 6 rings (SSSR count). The average Bonchev–Trinajstić information content (AvgIpc) is 4.00. The number of nitrogen functional groups attached to an aromatic ring is 1. The van der Waals surface area contributed by atoms with E-state index in [0.717, 1.165) is 99.0 Å². The third-order valence-corrected chi connectivity index (χ3v) is 16.8. The Morgan fingerprint density at radius 1 is 0.882 bits per heavy atom. The Balaban J connectivity index is 0.790. The predicted octanol–water partition coefficient (Wildman–Crippen LogP) is 9.11. The van der Waals surface area contributed by atoms with Gasteiger partial charge in [0.25, 0.3) is 0 Å². The van der Waals surface area contributed by atoms with Gasteiger partial charge in [-0.1, -0.05) is 119 Å². The highest BCUT2D eigenvalue weighted by molar-refractivity contribution is 7.99. The molecule has 0 saturated carbocycles. The lowest BCUT2D eigenvalue weighted by molar-refractivity contribution is -0.144. The molecule has 2 aromatic carbocycles. The Labute approximate surface area is 462 Å². The number of carbonyl (C=O) groups excluding carboxylic acids is 5. The summed E-state index contributed by atoms with van der Waals surface area (Å²) < 4.78 is 0. The Hall–Kier alpha value is -5.34. The maximum atomic E-state index is 14.1. The van der Waals surface area contributed by atoms with Crippen LogP contribution in [0.25, 0.3) is 10.4 Å². The number of unbranched alkanes of at least 4 members (excludes halogenated alkanes) is 8. The van der Waals surface area contributed by atoms with E-state index in [1.54, 1.807) is 29.7 Å². The number of rotatable bonds is 26. The van der Waals surface area contributed by atoms with Crippen LogP contribution in [0.1, 0.15) is 155 Å². The van der Waals surface area contributed by atoms with Crippen molar-refractivity contribution in [3.63, 3.8) is 0 Å². The summed E-state index contributed by atoms with van der Waals surface area (Å²) in [5.74, 6) is -0.209. The second kappa shape index (κ2) is 28.3. The molecule has 0 bridgehead atoms. The number of nitrogens with two attached hydrogens (primary N) is 2. The number of carbonyl (C=O) groups is 5. The van der Waals surface area contributed by atoms with E-state index >= 15 is 0 Å². The molecule has 4 heterocycles. The number of likely N-dealkylation sites (tertiary alicyclic amines) is 1. The molecule has 17 nitrogen and oxygen atoms in total. The SMILES string of the molecule is Cc1ncsc1-c1ccc([C@@H](C)NC(=O)[C@H]2C[C@H](O)CN2C(=O)[C@H](NC(=O)CCCCCCCCCCCNC(=O)CCCC(=O)Nc2cccc(Sc3ncc(N4CCC(C)(N)CC4)nc3N)c2Cl)C(C)(C)C)cc1. The molecule has 2 saturated heterocycles. The highest BCUT2D eigenvalue weighted by Gasteiger charge is 2.44. The van der Waals surface area contributed by atoms with Gasteiger partial charge in [-0.3, -0.25) is 24.0 Å². The van der Waals surface area contributed by atoms with Crippen LogP contribution in [0.3, 0.4) is 0 Å². The average molecular weight is 1100 g/mol. The first-order valence-corrected chi connectivity index (χ1v) is 29.0. The van der Waals surface area contributed by atoms with E-state index in [-0.39, 0.29) is 66.9 Å². The molecule has 2 aliphatic rings. The van der Waals surface area contributed by atoms with Gasteiger partial charge in [0.1, 0.15) is 22.9 Å². The quantitative estimate of drug-likeness (QED) is 0.0290. The minimum atomic E-state index is -0.864. The lowest BCUT2D eigenvalue weighted by Crippen LogP contribution is -2.57. The van der Waals surface area contributed by atoms with Gasteiger partial charge in [0.05, 0.1) is 45.1 Å². The van der Waals surface area contributed by atoms with Gasteiger partial charge in [-0.15, -0.1) is 11.3 Å². The molecule has 4 atom stereocenters. The molecular formula is C56H80ClN11O6S2. The Morgan fingerprint density at radius 2 is 1.53 bits per heavy atom. The van der Waals surface area contributed by atoms with Crippen molar-refractivity contribution in [3.8, 4) is 10.4 Å². The van der Waals surface area contributed by atoms with Crippen molar-refractivity contribution in [1.29, 1.82) is 0 Å². The second-order valence-electron chi connectivity index (χ2n) is 21.8. The van der Waals surface area contributed by atoms with Crippen LogP contribution in [0.2, 0.25) is 5.02 Å². The zero-order valence-corrected chi connectivity index (χ0v) is 47.6. The van der Waals surface area contributed by atoms with Crippen molar-refractivity contribution in [2.45, 2.75) is 184 Å². The number of halogens is 1. The van der Waals surface area contributed by atoms with Crippen LogP contribution in [0, 0.1) is 12.3 Å². The molecule has 2 aliphatic heterocycles. The van der Waals surface area contributed by atoms with E-state index in [2.05, 4.69) is 48.0 Å². The largest absolute Gasteiger partial charge is 0.391 e. The number of nitrogens with one attached hydrogen (secondary N) is 4. The summed E-state index contributed by atoms with van der Waals surface area (Å²) in [4.78, 5) is 85.1. The molecule has 2 aromatic heterocycles. The fourth-order valence-electron chi connectivity index (χ4n) is 9.49. The highest BCUT2D eigenvalue weighted by atomic mass is 35.5. The maximum absolute atomic E-state index is 14.1. The third kappa shape index (κ3) is 17.9. The molecule has 20 heteroatoms. The van der Waals surface area contributed by atoms with Gasteiger partial charge in [-0.2, -0.15) is 0 Å². The Kier molecular flexibility index (Phi) is 22.3. The molecule has 0 aliphatic carbocycles. The van der Waals surface area contributed by atoms with Crippen LogP contribution in [0.4, 0.5) is 17.3 Å². The highest BCUT2D eigenvalue weighted by Crippen LogP contribution is 2.39. The lowest BCUT2D eigenvalue weighted by atomic mass is 9.85. The Morgan fingerprint density at radius 3 is 2.17 bits per heavy atom. The van der Waals surface area contributed by atoms with E-state index in [1.165, 1.54) is 16.7 Å². The molecule has 414 valence electrons. The molecule has 2 fully saturated rings.